The van der Waals surface area contributed by atoms with Crippen LogP contribution in [0.3, 0.4) is 0 Å². The first-order chi connectivity index (χ1) is 17.2. The van der Waals surface area contributed by atoms with E-state index in [0.29, 0.717) is 29.8 Å². The predicted molar refractivity (Wildman–Crippen MR) is 135 cm³/mol. The molecule has 2 aromatic carbocycles. The van der Waals surface area contributed by atoms with Gasteiger partial charge in [-0.1, -0.05) is 43.5 Å². The highest BCUT2D eigenvalue weighted by atomic mass is 16.1. The van der Waals surface area contributed by atoms with Gasteiger partial charge in [-0.2, -0.15) is 0 Å². The summed E-state index contributed by atoms with van der Waals surface area (Å²) in [5.41, 5.74) is 10.1. The van der Waals surface area contributed by atoms with Crippen molar-refractivity contribution in [3.8, 4) is 11.4 Å². The lowest BCUT2D eigenvalue weighted by Gasteiger charge is -2.23. The van der Waals surface area contributed by atoms with Crippen molar-refractivity contribution in [2.24, 2.45) is 5.73 Å². The van der Waals surface area contributed by atoms with Gasteiger partial charge in [0.25, 0.3) is 0 Å². The molecule has 3 heterocycles. The number of para-hydroxylation sites is 2. The van der Waals surface area contributed by atoms with Gasteiger partial charge in [0.1, 0.15) is 11.3 Å². The summed E-state index contributed by atoms with van der Waals surface area (Å²) in [6, 6.07) is 15.4. The molecule has 0 radical (unpaired) electrons. The van der Waals surface area contributed by atoms with E-state index in [1.807, 2.05) is 42.7 Å². The average molecular weight is 467 g/mol. The number of H-pyrrole nitrogens is 1. The summed E-state index contributed by atoms with van der Waals surface area (Å²) in [4.78, 5) is 34.0. The van der Waals surface area contributed by atoms with Crippen molar-refractivity contribution in [3.63, 3.8) is 0 Å². The number of fused-ring (bicyclic) bond motifs is 2. The highest BCUT2D eigenvalue weighted by Gasteiger charge is 2.21. The zero-order valence-corrected chi connectivity index (χ0v) is 19.2. The maximum absolute atomic E-state index is 11.5. The standard InChI is InChI=1S/C26H26N8O/c27-23(35)16-10-12-17(13-11-16)24-32-25(28-14-21-30-19-8-4-5-9-20(19)31-21)22-26(33-24)34(15-29-22)18-6-2-1-3-7-18/h4-5,8-13,15,18H,1-3,6-7,14H2,(H2,27,35)(H,30,31)(H,28,32,33). The Hall–Kier alpha value is -4.27. The number of primary amides is 1. The SMILES string of the molecule is NC(=O)c1ccc(-c2nc(NCc3nc4ccccc4[nH]3)c3ncn(C4CCCCC4)c3n2)cc1. The average Bonchev–Trinajstić information content (AvgIpc) is 3.52. The van der Waals surface area contributed by atoms with Crippen LogP contribution in [0.4, 0.5) is 5.82 Å². The third-order valence-electron chi connectivity index (χ3n) is 6.68. The van der Waals surface area contributed by atoms with E-state index in [0.717, 1.165) is 46.4 Å². The second-order valence-corrected chi connectivity index (χ2v) is 9.01. The lowest BCUT2D eigenvalue weighted by Crippen LogP contribution is -2.13. The molecule has 0 saturated heterocycles. The molecule has 1 aliphatic carbocycles. The van der Waals surface area contributed by atoms with Gasteiger partial charge in [0.2, 0.25) is 5.91 Å². The topological polar surface area (TPSA) is 127 Å². The largest absolute Gasteiger partial charge is 0.366 e. The first-order valence-corrected chi connectivity index (χ1v) is 12.0. The fourth-order valence-electron chi connectivity index (χ4n) is 4.84. The van der Waals surface area contributed by atoms with Crippen molar-refractivity contribution in [1.82, 2.24) is 29.5 Å². The number of hydrogen-bond donors (Lipinski definition) is 3. The van der Waals surface area contributed by atoms with Gasteiger partial charge < -0.3 is 20.6 Å². The monoisotopic (exact) mass is 466 g/mol. The molecule has 0 spiro atoms. The molecule has 35 heavy (non-hydrogen) atoms. The summed E-state index contributed by atoms with van der Waals surface area (Å²) < 4.78 is 2.20. The van der Waals surface area contributed by atoms with Gasteiger partial charge in [-0.25, -0.2) is 19.9 Å². The van der Waals surface area contributed by atoms with Crippen molar-refractivity contribution in [1.29, 1.82) is 0 Å². The van der Waals surface area contributed by atoms with Crippen LogP contribution < -0.4 is 11.1 Å². The minimum Gasteiger partial charge on any atom is -0.366 e. The van der Waals surface area contributed by atoms with E-state index in [-0.39, 0.29) is 0 Å². The van der Waals surface area contributed by atoms with Crippen LogP contribution in [0.15, 0.2) is 54.9 Å². The zero-order chi connectivity index (χ0) is 23.8. The number of amides is 1. The summed E-state index contributed by atoms with van der Waals surface area (Å²) in [6.45, 7) is 0.469. The normalized spacial score (nSPS) is 14.5. The van der Waals surface area contributed by atoms with Gasteiger partial charge in [0, 0.05) is 17.2 Å². The Balaban J connectivity index is 1.40. The minimum atomic E-state index is -0.462. The lowest BCUT2D eigenvalue weighted by atomic mass is 9.95. The maximum atomic E-state index is 11.5. The molecule has 4 N–H and O–H groups in total. The van der Waals surface area contributed by atoms with Crippen LogP contribution >= 0.6 is 0 Å². The van der Waals surface area contributed by atoms with Crippen LogP contribution in [0.5, 0.6) is 0 Å². The highest BCUT2D eigenvalue weighted by Crippen LogP contribution is 2.32. The second kappa shape index (κ2) is 8.83. The van der Waals surface area contributed by atoms with Gasteiger partial charge in [0.15, 0.2) is 17.3 Å². The van der Waals surface area contributed by atoms with Crippen molar-refractivity contribution >= 4 is 33.9 Å². The van der Waals surface area contributed by atoms with Crippen molar-refractivity contribution in [2.45, 2.75) is 44.7 Å². The predicted octanol–water partition coefficient (Wildman–Crippen LogP) is 4.59. The van der Waals surface area contributed by atoms with Crippen LogP contribution in [0.2, 0.25) is 0 Å². The Labute approximate surface area is 201 Å². The van der Waals surface area contributed by atoms with E-state index in [1.54, 1.807) is 12.1 Å². The maximum Gasteiger partial charge on any atom is 0.248 e. The summed E-state index contributed by atoms with van der Waals surface area (Å²) >= 11 is 0. The van der Waals surface area contributed by atoms with E-state index in [4.69, 9.17) is 20.7 Å². The van der Waals surface area contributed by atoms with Crippen LogP contribution in [-0.4, -0.2) is 35.4 Å². The number of nitrogens with two attached hydrogens (primary N) is 1. The highest BCUT2D eigenvalue weighted by molar-refractivity contribution is 5.93. The number of carbonyl (C=O) groups excluding carboxylic acids is 1. The summed E-state index contributed by atoms with van der Waals surface area (Å²) in [7, 11) is 0. The van der Waals surface area contributed by atoms with Gasteiger partial charge in [-0.3, -0.25) is 4.79 Å². The van der Waals surface area contributed by atoms with Gasteiger partial charge in [-0.15, -0.1) is 0 Å². The van der Waals surface area contributed by atoms with Crippen LogP contribution in [-0.2, 0) is 6.54 Å². The smallest absolute Gasteiger partial charge is 0.248 e. The third kappa shape index (κ3) is 4.09. The van der Waals surface area contributed by atoms with E-state index in [2.05, 4.69) is 19.9 Å². The van der Waals surface area contributed by atoms with Crippen LogP contribution in [0, 0.1) is 0 Å². The molecule has 5 aromatic rings. The zero-order valence-electron chi connectivity index (χ0n) is 19.2. The van der Waals surface area contributed by atoms with E-state index >= 15 is 0 Å². The number of nitrogens with zero attached hydrogens (tertiary/aromatic N) is 5. The van der Waals surface area contributed by atoms with Crippen molar-refractivity contribution in [3.05, 3.63) is 66.2 Å². The molecule has 1 aliphatic rings. The molecule has 0 aliphatic heterocycles. The fourth-order valence-corrected chi connectivity index (χ4v) is 4.84. The molecule has 1 saturated carbocycles. The molecule has 0 atom stereocenters. The number of carbonyl (C=O) groups is 1. The van der Waals surface area contributed by atoms with Gasteiger partial charge in [-0.05, 0) is 37.1 Å². The van der Waals surface area contributed by atoms with Crippen molar-refractivity contribution in [2.75, 3.05) is 5.32 Å². The Kier molecular flexibility index (Phi) is 5.36. The van der Waals surface area contributed by atoms with Crippen LogP contribution in [0.1, 0.15) is 54.3 Å². The number of hydrogen-bond acceptors (Lipinski definition) is 6. The molecule has 3 aromatic heterocycles. The van der Waals surface area contributed by atoms with Crippen molar-refractivity contribution < 1.29 is 4.79 Å². The molecule has 6 rings (SSSR count). The molecular weight excluding hydrogens is 440 g/mol. The molecule has 9 heteroatoms. The number of benzene rings is 2. The number of nitrogens with one attached hydrogen (secondary N) is 2. The number of aromatic amines is 1. The Morgan fingerprint density at radius 3 is 2.60 bits per heavy atom. The van der Waals surface area contributed by atoms with E-state index in [1.165, 1.54) is 19.3 Å². The van der Waals surface area contributed by atoms with Gasteiger partial charge in [0.05, 0.1) is 23.9 Å². The molecule has 1 amide bonds. The summed E-state index contributed by atoms with van der Waals surface area (Å²) in [6.07, 6.45) is 7.85. The number of anilines is 1. The minimum absolute atomic E-state index is 0.386. The molecule has 9 nitrogen and oxygen atoms in total. The number of rotatable bonds is 6. The Bertz CT molecular complexity index is 1480. The quantitative estimate of drug-likeness (QED) is 0.336. The molecular formula is C26H26N8O. The summed E-state index contributed by atoms with van der Waals surface area (Å²) in [5.74, 6) is 1.57. The second-order valence-electron chi connectivity index (χ2n) is 9.01. The number of aromatic nitrogens is 6. The number of imidazole rings is 2. The van der Waals surface area contributed by atoms with E-state index in [9.17, 15) is 4.79 Å². The molecule has 176 valence electrons. The first-order valence-electron chi connectivity index (χ1n) is 12.0. The Morgan fingerprint density at radius 1 is 1.03 bits per heavy atom. The first kappa shape index (κ1) is 21.3. The molecule has 0 unspecified atom stereocenters. The summed E-state index contributed by atoms with van der Waals surface area (Å²) in [5, 5.41) is 3.43. The fraction of sp³-hybridized carbons (Fsp3) is 0.269. The van der Waals surface area contributed by atoms with Crippen LogP contribution in [0.25, 0.3) is 33.6 Å². The third-order valence-corrected chi connectivity index (χ3v) is 6.68. The molecule has 0 bridgehead atoms. The Morgan fingerprint density at radius 2 is 1.83 bits per heavy atom. The van der Waals surface area contributed by atoms with Gasteiger partial charge >= 0.3 is 0 Å². The molecule has 1 fully saturated rings. The van der Waals surface area contributed by atoms with E-state index < -0.39 is 5.91 Å². The lowest BCUT2D eigenvalue weighted by molar-refractivity contribution is 0.100.